The Balaban J connectivity index is 1.44. The predicted octanol–water partition coefficient (Wildman–Crippen LogP) is 10.5. The number of aromatic nitrogens is 1. The van der Waals surface area contributed by atoms with Gasteiger partial charge in [-0.3, -0.25) is 14.4 Å². The maximum absolute atomic E-state index is 14.5. The Hall–Kier alpha value is -4.85. The third-order valence-electron chi connectivity index (χ3n) is 11.0. The van der Waals surface area contributed by atoms with Gasteiger partial charge in [0.05, 0.1) is 16.6 Å². The van der Waals surface area contributed by atoms with Gasteiger partial charge >= 0.3 is 0 Å². The Morgan fingerprint density at radius 3 is 0.846 bits per heavy atom. The molecule has 0 aliphatic heterocycles. The van der Waals surface area contributed by atoms with Crippen LogP contribution < -0.4 is 16.3 Å². The number of terminal acetylenes is 3. The third kappa shape index (κ3) is 7.81. The molecule has 0 aliphatic carbocycles. The summed E-state index contributed by atoms with van der Waals surface area (Å²) in [5.74, 6) is 8.15. The highest BCUT2D eigenvalue weighted by atomic mass is 16.1. The van der Waals surface area contributed by atoms with Crippen molar-refractivity contribution in [2.75, 3.05) is 0 Å². The van der Waals surface area contributed by atoms with Gasteiger partial charge < -0.3 is 4.40 Å². The maximum atomic E-state index is 14.5. The van der Waals surface area contributed by atoms with Crippen molar-refractivity contribution in [3.05, 3.63) is 83.8 Å². The first-order chi connectivity index (χ1) is 25.5. The Kier molecular flexibility index (Phi) is 12.5. The van der Waals surface area contributed by atoms with Crippen LogP contribution in [0.15, 0.2) is 50.8 Å². The predicted molar refractivity (Wildman–Crippen MR) is 221 cm³/mol. The molecular weight excluding hydrogens is 639 g/mol. The average Bonchev–Trinajstić information content (AvgIpc) is 3.15. The quantitative estimate of drug-likeness (QED) is 0.0327. The fraction of sp³-hybridized carbons (Fsp3) is 0.438. The minimum absolute atomic E-state index is 0.0950. The van der Waals surface area contributed by atoms with Crippen LogP contribution >= 0.6 is 0 Å². The summed E-state index contributed by atoms with van der Waals surface area (Å²) in [6, 6.07) is 12.1. The number of hydrogen-bond donors (Lipinski definition) is 0. The van der Waals surface area contributed by atoms with Gasteiger partial charge in [0.25, 0.3) is 0 Å². The number of aryl methyl sites for hydroxylation is 3. The smallest absolute Gasteiger partial charge is 0.197 e. The summed E-state index contributed by atoms with van der Waals surface area (Å²) in [6.07, 6.45) is 37.1. The molecule has 0 amide bonds. The first-order valence-electron chi connectivity index (χ1n) is 19.7. The lowest BCUT2D eigenvalue weighted by Crippen LogP contribution is -2.20. The molecule has 0 unspecified atom stereocenters. The molecule has 6 rings (SSSR count). The van der Waals surface area contributed by atoms with Gasteiger partial charge in [-0.1, -0.05) is 57.8 Å². The molecule has 266 valence electrons. The molecule has 6 aromatic rings. The summed E-state index contributed by atoms with van der Waals surface area (Å²) in [4.78, 5) is 43.5. The molecule has 0 radical (unpaired) electrons. The number of unbranched alkanes of at least 4 members (excludes halogenated alkanes) is 15. The van der Waals surface area contributed by atoms with E-state index >= 15 is 0 Å². The molecule has 3 heterocycles. The standard InChI is InChI=1S/C48H51NO3/c1-4-7-10-13-16-19-22-25-34-28-37-43-38(29-34)47(51)40-31-36(27-24-21-18-15-12-9-6-3)33-42-45(40)49(43)44-39(46(37)50)30-35(32-41(44)48(42)52)26-23-20-17-14-11-8-5-2/h1-3,28-33H,7-27H2. The summed E-state index contributed by atoms with van der Waals surface area (Å²) in [5, 5.41) is 3.41. The fourth-order valence-electron chi connectivity index (χ4n) is 8.31. The van der Waals surface area contributed by atoms with Crippen molar-refractivity contribution in [2.45, 2.75) is 135 Å². The van der Waals surface area contributed by atoms with E-state index in [4.69, 9.17) is 19.3 Å². The Bertz CT molecular complexity index is 2070. The van der Waals surface area contributed by atoms with Crippen LogP contribution in [0.25, 0.3) is 48.9 Å². The number of pyridine rings is 3. The SMILES string of the molecule is C#CCCCCCCCc1cc2c(=O)c3cc(CCCCCCCC#C)cc4c(=O)c5cc(CCCCCCCC#C)cc6c(=O)c(c1)c2n(c34)c65. The molecule has 3 aromatic heterocycles. The number of hydrogen-bond acceptors (Lipinski definition) is 3. The fourth-order valence-corrected chi connectivity index (χ4v) is 8.31. The highest BCUT2D eigenvalue weighted by Crippen LogP contribution is 2.34. The molecule has 0 spiro atoms. The summed E-state index contributed by atoms with van der Waals surface area (Å²) in [7, 11) is 0. The van der Waals surface area contributed by atoms with Crippen LogP contribution in [-0.2, 0) is 19.3 Å². The Morgan fingerprint density at radius 2 is 0.596 bits per heavy atom. The summed E-state index contributed by atoms with van der Waals surface area (Å²) in [6.45, 7) is 0. The minimum atomic E-state index is -0.0950. The summed E-state index contributed by atoms with van der Waals surface area (Å²) >= 11 is 0. The van der Waals surface area contributed by atoms with Crippen LogP contribution in [-0.4, -0.2) is 4.40 Å². The highest BCUT2D eigenvalue weighted by Gasteiger charge is 2.24. The lowest BCUT2D eigenvalue weighted by atomic mass is 9.92. The van der Waals surface area contributed by atoms with Gasteiger partial charge in [0.1, 0.15) is 0 Å². The van der Waals surface area contributed by atoms with E-state index in [0.717, 1.165) is 152 Å². The van der Waals surface area contributed by atoms with E-state index in [1.165, 1.54) is 0 Å². The topological polar surface area (TPSA) is 55.6 Å². The van der Waals surface area contributed by atoms with Crippen molar-refractivity contribution in [3.63, 3.8) is 0 Å². The monoisotopic (exact) mass is 689 g/mol. The van der Waals surface area contributed by atoms with Crippen molar-refractivity contribution in [2.24, 2.45) is 0 Å². The summed E-state index contributed by atoms with van der Waals surface area (Å²) in [5.41, 5.74) is 4.68. The molecular formula is C48H51NO3. The van der Waals surface area contributed by atoms with Gasteiger partial charge in [-0.05, 0) is 111 Å². The van der Waals surface area contributed by atoms with Crippen LogP contribution in [0.1, 0.15) is 132 Å². The molecule has 4 nitrogen and oxygen atoms in total. The van der Waals surface area contributed by atoms with Crippen LogP contribution in [0.3, 0.4) is 0 Å². The van der Waals surface area contributed by atoms with Crippen molar-refractivity contribution in [3.8, 4) is 37.0 Å². The zero-order chi connectivity index (χ0) is 36.5. The molecule has 0 fully saturated rings. The first kappa shape index (κ1) is 36.9. The lowest BCUT2D eigenvalue weighted by Gasteiger charge is -2.20. The zero-order valence-electron chi connectivity index (χ0n) is 30.7. The highest BCUT2D eigenvalue weighted by molar-refractivity contribution is 6.16. The molecule has 0 aliphatic rings. The van der Waals surface area contributed by atoms with Crippen LogP contribution in [0.5, 0.6) is 0 Å². The molecule has 0 saturated heterocycles. The van der Waals surface area contributed by atoms with Crippen LogP contribution in [0.2, 0.25) is 0 Å². The molecule has 0 atom stereocenters. The zero-order valence-corrected chi connectivity index (χ0v) is 30.7. The van der Waals surface area contributed by atoms with E-state index in [1.807, 2.05) is 36.4 Å². The van der Waals surface area contributed by atoms with E-state index < -0.39 is 0 Å². The van der Waals surface area contributed by atoms with Gasteiger partial charge in [0.15, 0.2) is 16.3 Å². The van der Waals surface area contributed by atoms with E-state index in [1.54, 1.807) is 0 Å². The van der Waals surface area contributed by atoms with E-state index in [2.05, 4.69) is 22.2 Å². The second-order valence-electron chi connectivity index (χ2n) is 14.9. The second kappa shape index (κ2) is 17.6. The van der Waals surface area contributed by atoms with Gasteiger partial charge in [0.2, 0.25) is 0 Å². The Labute approximate surface area is 308 Å². The molecule has 3 aromatic carbocycles. The van der Waals surface area contributed by atoms with Crippen LogP contribution in [0.4, 0.5) is 0 Å². The van der Waals surface area contributed by atoms with Gasteiger partial charge in [-0.15, -0.1) is 37.0 Å². The number of benzene rings is 3. The molecule has 4 heteroatoms. The minimum Gasteiger partial charge on any atom is -0.306 e. The maximum Gasteiger partial charge on any atom is 0.197 e. The van der Waals surface area contributed by atoms with Crippen molar-refractivity contribution in [1.82, 2.24) is 4.40 Å². The van der Waals surface area contributed by atoms with Crippen LogP contribution in [0, 0.1) is 37.0 Å². The van der Waals surface area contributed by atoms with Gasteiger partial charge in [-0.25, -0.2) is 0 Å². The Morgan fingerprint density at radius 1 is 0.365 bits per heavy atom. The third-order valence-corrected chi connectivity index (χ3v) is 11.0. The number of nitrogens with zero attached hydrogens (tertiary/aromatic N) is 1. The van der Waals surface area contributed by atoms with Crippen molar-refractivity contribution in [1.29, 1.82) is 0 Å². The van der Waals surface area contributed by atoms with E-state index in [9.17, 15) is 14.4 Å². The number of rotatable bonds is 21. The normalized spacial score (nSPS) is 11.7. The molecule has 0 saturated carbocycles. The average molecular weight is 690 g/mol. The van der Waals surface area contributed by atoms with Crippen molar-refractivity contribution >= 4 is 48.9 Å². The van der Waals surface area contributed by atoms with Gasteiger partial charge in [-0.2, -0.15) is 0 Å². The molecule has 0 N–H and O–H groups in total. The summed E-state index contributed by atoms with van der Waals surface area (Å²) < 4.78 is 2.09. The molecule has 0 bridgehead atoms. The largest absolute Gasteiger partial charge is 0.306 e. The van der Waals surface area contributed by atoms with Gasteiger partial charge in [0, 0.05) is 51.6 Å². The molecule has 52 heavy (non-hydrogen) atoms. The van der Waals surface area contributed by atoms with E-state index in [0.29, 0.717) is 48.9 Å². The second-order valence-corrected chi connectivity index (χ2v) is 14.9. The lowest BCUT2D eigenvalue weighted by molar-refractivity contribution is 0.620. The first-order valence-corrected chi connectivity index (χ1v) is 19.7. The van der Waals surface area contributed by atoms with Crippen molar-refractivity contribution < 1.29 is 0 Å². The van der Waals surface area contributed by atoms with E-state index in [-0.39, 0.29) is 16.3 Å².